The maximum absolute atomic E-state index is 4.47. The third kappa shape index (κ3) is 5.14. The van der Waals surface area contributed by atoms with E-state index in [-0.39, 0.29) is 0 Å². The lowest BCUT2D eigenvalue weighted by atomic mass is 10.0. The third-order valence-corrected chi connectivity index (χ3v) is 2.78. The predicted octanol–water partition coefficient (Wildman–Crippen LogP) is 5.81. The molecule has 0 aliphatic heterocycles. The normalized spacial score (nSPS) is 12.7. The number of allylic oxidation sites excluding steroid dienone is 4. The molecular weight excluding hydrogens is 256 g/mol. The molecule has 0 saturated heterocycles. The summed E-state index contributed by atoms with van der Waals surface area (Å²) in [5.74, 6) is 0. The molecule has 0 aromatic carbocycles. The predicted molar refractivity (Wildman–Crippen MR) is 93.2 cm³/mol. The highest BCUT2D eigenvalue weighted by molar-refractivity contribution is 5.82. The topological polar surface area (TPSA) is 25.8 Å². The van der Waals surface area contributed by atoms with E-state index in [4.69, 9.17) is 0 Å². The molecule has 3 rings (SSSR count). The number of rotatable bonds is 1. The van der Waals surface area contributed by atoms with Crippen LogP contribution in [0.4, 0.5) is 0 Å². The highest BCUT2D eigenvalue weighted by atomic mass is 14.7. The number of pyridine rings is 2. The van der Waals surface area contributed by atoms with Crippen LogP contribution in [0, 0.1) is 0 Å². The zero-order valence-electron chi connectivity index (χ0n) is 13.6. The molecular formula is C19H26N2. The van der Waals surface area contributed by atoms with Crippen molar-refractivity contribution in [1.82, 2.24) is 9.97 Å². The van der Waals surface area contributed by atoms with Gasteiger partial charge in [-0.25, -0.2) is 0 Å². The van der Waals surface area contributed by atoms with E-state index < -0.39 is 0 Å². The molecule has 0 spiro atoms. The summed E-state index contributed by atoms with van der Waals surface area (Å²) in [5.41, 5.74) is 3.23. The Morgan fingerprint density at radius 1 is 1.10 bits per heavy atom. The maximum Gasteiger partial charge on any atom is 0.0739 e. The molecule has 2 heteroatoms. The molecule has 0 atom stereocenters. The lowest BCUT2D eigenvalue weighted by Gasteiger charge is -2.06. The van der Waals surface area contributed by atoms with E-state index >= 15 is 0 Å². The lowest BCUT2D eigenvalue weighted by Crippen LogP contribution is -1.91. The second kappa shape index (κ2) is 9.87. The first-order valence-corrected chi connectivity index (χ1v) is 7.93. The molecule has 0 unspecified atom stereocenters. The van der Waals surface area contributed by atoms with Crippen LogP contribution in [0.15, 0.2) is 48.8 Å². The van der Waals surface area contributed by atoms with Crippen LogP contribution in [0.1, 0.15) is 52.7 Å². The Balaban J connectivity index is 0.000000395. The molecule has 2 heterocycles. The first-order valence-electron chi connectivity index (χ1n) is 7.93. The molecule has 1 aliphatic carbocycles. The van der Waals surface area contributed by atoms with Crippen molar-refractivity contribution >= 4 is 16.5 Å². The first-order chi connectivity index (χ1) is 10.3. The van der Waals surface area contributed by atoms with Crippen LogP contribution < -0.4 is 0 Å². The minimum atomic E-state index is 1.01. The van der Waals surface area contributed by atoms with Gasteiger partial charge in [0.1, 0.15) is 0 Å². The summed E-state index contributed by atoms with van der Waals surface area (Å²) in [6, 6.07) is 6.02. The van der Waals surface area contributed by atoms with E-state index in [9.17, 15) is 0 Å². The van der Waals surface area contributed by atoms with Gasteiger partial charge in [-0.1, -0.05) is 52.3 Å². The molecule has 21 heavy (non-hydrogen) atoms. The Morgan fingerprint density at radius 3 is 2.52 bits per heavy atom. The van der Waals surface area contributed by atoms with Crippen LogP contribution in [0.3, 0.4) is 0 Å². The fraction of sp³-hybridized carbons (Fsp3) is 0.368. The molecule has 0 fully saturated rings. The van der Waals surface area contributed by atoms with Crippen LogP contribution in [-0.4, -0.2) is 9.97 Å². The summed E-state index contributed by atoms with van der Waals surface area (Å²) in [5, 5.41) is 1.09. The van der Waals surface area contributed by atoms with Crippen LogP contribution >= 0.6 is 0 Å². The van der Waals surface area contributed by atoms with Gasteiger partial charge in [0.05, 0.1) is 11.2 Å². The fourth-order valence-electron chi connectivity index (χ4n) is 1.93. The summed E-state index contributed by atoms with van der Waals surface area (Å²) in [4.78, 5) is 8.82. The van der Waals surface area contributed by atoms with Crippen molar-refractivity contribution in [2.45, 2.75) is 47.0 Å². The highest BCUT2D eigenvalue weighted by Crippen LogP contribution is 2.21. The SMILES string of the molecule is C1=CC(c2cc3ncccc3cn2)=CCC1.CC.CCC. The average Bonchev–Trinajstić information content (AvgIpc) is 2.58. The minimum Gasteiger partial charge on any atom is -0.256 e. The largest absolute Gasteiger partial charge is 0.256 e. The lowest BCUT2D eigenvalue weighted by molar-refractivity contribution is 1.04. The summed E-state index contributed by atoms with van der Waals surface area (Å²) in [7, 11) is 0. The molecule has 0 amide bonds. The van der Waals surface area contributed by atoms with Crippen LogP contribution in [0.5, 0.6) is 0 Å². The molecule has 0 N–H and O–H groups in total. The van der Waals surface area contributed by atoms with E-state index in [0.717, 1.165) is 29.4 Å². The Morgan fingerprint density at radius 2 is 1.86 bits per heavy atom. The quantitative estimate of drug-likeness (QED) is 0.660. The second-order valence-electron chi connectivity index (χ2n) is 4.61. The maximum atomic E-state index is 4.47. The van der Waals surface area contributed by atoms with Crippen molar-refractivity contribution in [3.63, 3.8) is 0 Å². The van der Waals surface area contributed by atoms with Gasteiger partial charge in [0.15, 0.2) is 0 Å². The Kier molecular flexibility index (Phi) is 8.03. The zero-order chi connectivity index (χ0) is 15.5. The Bertz CT molecular complexity index is 597. The molecule has 0 bridgehead atoms. The second-order valence-corrected chi connectivity index (χ2v) is 4.61. The van der Waals surface area contributed by atoms with Gasteiger partial charge in [0.25, 0.3) is 0 Å². The number of hydrogen-bond donors (Lipinski definition) is 0. The minimum absolute atomic E-state index is 1.01. The van der Waals surface area contributed by atoms with Crippen LogP contribution in [-0.2, 0) is 0 Å². The van der Waals surface area contributed by atoms with Crippen LogP contribution in [0.2, 0.25) is 0 Å². The zero-order valence-corrected chi connectivity index (χ0v) is 13.6. The van der Waals surface area contributed by atoms with E-state index in [1.807, 2.05) is 38.4 Å². The summed E-state index contributed by atoms with van der Waals surface area (Å²) in [6.45, 7) is 8.25. The molecule has 112 valence electrons. The van der Waals surface area contributed by atoms with Gasteiger partial charge in [0.2, 0.25) is 0 Å². The summed E-state index contributed by atoms with van der Waals surface area (Å²) < 4.78 is 0. The molecule has 2 aromatic heterocycles. The van der Waals surface area contributed by atoms with Crippen molar-refractivity contribution in [1.29, 1.82) is 0 Å². The number of hydrogen-bond acceptors (Lipinski definition) is 2. The molecule has 0 saturated carbocycles. The molecule has 2 nitrogen and oxygen atoms in total. The average molecular weight is 282 g/mol. The van der Waals surface area contributed by atoms with Gasteiger partial charge in [-0.3, -0.25) is 9.97 Å². The van der Waals surface area contributed by atoms with Crippen molar-refractivity contribution < 1.29 is 0 Å². The standard InChI is InChI=1S/C14H12N2.C3H8.C2H6/c1-2-5-11(6-3-1)13-9-14-12(10-16-13)7-4-8-15-14;1-3-2;1-2/h2,4-10H,1,3H2;3H2,1-2H3;1-2H3. The fourth-order valence-corrected chi connectivity index (χ4v) is 1.93. The van der Waals surface area contributed by atoms with Crippen molar-refractivity contribution in [3.8, 4) is 0 Å². The Labute approximate surface area is 128 Å². The summed E-state index contributed by atoms with van der Waals surface area (Å²) in [6.07, 6.45) is 13.8. The van der Waals surface area contributed by atoms with Gasteiger partial charge in [-0.05, 0) is 36.6 Å². The van der Waals surface area contributed by atoms with Crippen molar-refractivity contribution in [3.05, 3.63) is 54.5 Å². The van der Waals surface area contributed by atoms with E-state index in [1.54, 1.807) is 0 Å². The van der Waals surface area contributed by atoms with Gasteiger partial charge in [-0.2, -0.15) is 0 Å². The molecule has 0 radical (unpaired) electrons. The highest BCUT2D eigenvalue weighted by Gasteiger charge is 2.04. The van der Waals surface area contributed by atoms with Gasteiger partial charge < -0.3 is 0 Å². The first kappa shape index (κ1) is 17.1. The smallest absolute Gasteiger partial charge is 0.0739 e. The van der Waals surface area contributed by atoms with Crippen LogP contribution in [0.25, 0.3) is 16.5 Å². The number of fused-ring (bicyclic) bond motifs is 1. The molecule has 2 aromatic rings. The summed E-state index contributed by atoms with van der Waals surface area (Å²) >= 11 is 0. The van der Waals surface area contributed by atoms with Crippen molar-refractivity contribution in [2.75, 3.05) is 0 Å². The van der Waals surface area contributed by atoms with E-state index in [0.29, 0.717) is 0 Å². The van der Waals surface area contributed by atoms with Crippen molar-refractivity contribution in [2.24, 2.45) is 0 Å². The monoisotopic (exact) mass is 282 g/mol. The van der Waals surface area contributed by atoms with E-state index in [2.05, 4.69) is 48.1 Å². The van der Waals surface area contributed by atoms with Gasteiger partial charge >= 0.3 is 0 Å². The molecule has 1 aliphatic rings. The number of aromatic nitrogens is 2. The number of nitrogens with zero attached hydrogens (tertiary/aromatic N) is 2. The third-order valence-electron chi connectivity index (χ3n) is 2.78. The van der Waals surface area contributed by atoms with E-state index in [1.165, 1.54) is 12.0 Å². The Hall–Kier alpha value is -1.96. The van der Waals surface area contributed by atoms with Gasteiger partial charge in [-0.15, -0.1) is 0 Å². The van der Waals surface area contributed by atoms with Gasteiger partial charge in [0, 0.05) is 17.8 Å².